The lowest BCUT2D eigenvalue weighted by Gasteiger charge is -2.08. The number of ether oxygens (including phenoxy) is 1. The van der Waals surface area contributed by atoms with Crippen LogP contribution in [0.2, 0.25) is 0 Å². The minimum absolute atomic E-state index is 0.0855. The number of benzene rings is 3. The number of rotatable bonds is 9. The standard InChI is InChI=1S/C28H28N4O3/c1-3-20-5-4-6-24(15-20)31-28(34)26-18-32(19-29-26)17-22-7-11-23(12-8-22)30-27(33)16-21-9-13-25(35-2)14-10-21/h4-15,18-19H,3,16-17H2,1-2H3,(H,30,33)(H,31,34). The van der Waals surface area contributed by atoms with Crippen LogP contribution in [-0.4, -0.2) is 28.5 Å². The number of aryl methyl sites for hydroxylation is 1. The van der Waals surface area contributed by atoms with Gasteiger partial charge in [0.1, 0.15) is 11.4 Å². The summed E-state index contributed by atoms with van der Waals surface area (Å²) in [6.07, 6.45) is 4.56. The Labute approximate surface area is 204 Å². The molecule has 2 amide bonds. The van der Waals surface area contributed by atoms with Crippen molar-refractivity contribution in [2.45, 2.75) is 26.3 Å². The summed E-state index contributed by atoms with van der Waals surface area (Å²) in [6.45, 7) is 2.64. The van der Waals surface area contributed by atoms with Gasteiger partial charge in [0.05, 0.1) is 19.9 Å². The molecule has 0 aliphatic rings. The first-order chi connectivity index (χ1) is 17.0. The number of nitrogens with one attached hydrogen (secondary N) is 2. The van der Waals surface area contributed by atoms with Crippen LogP contribution < -0.4 is 15.4 Å². The van der Waals surface area contributed by atoms with Crippen LogP contribution in [0.3, 0.4) is 0 Å². The van der Waals surface area contributed by atoms with E-state index in [1.165, 1.54) is 0 Å². The number of imidazole rings is 1. The number of carbonyl (C=O) groups is 2. The number of aromatic nitrogens is 2. The van der Waals surface area contributed by atoms with Gasteiger partial charge in [-0.3, -0.25) is 9.59 Å². The largest absolute Gasteiger partial charge is 0.497 e. The summed E-state index contributed by atoms with van der Waals surface area (Å²) < 4.78 is 7.00. The predicted molar refractivity (Wildman–Crippen MR) is 137 cm³/mol. The Bertz CT molecular complexity index is 1290. The third-order valence-corrected chi connectivity index (χ3v) is 5.59. The lowest BCUT2D eigenvalue weighted by Crippen LogP contribution is -2.14. The van der Waals surface area contributed by atoms with Gasteiger partial charge in [0.25, 0.3) is 5.91 Å². The second-order valence-corrected chi connectivity index (χ2v) is 8.21. The number of amides is 2. The molecule has 7 heteroatoms. The molecule has 0 unspecified atom stereocenters. The molecule has 4 rings (SSSR count). The average molecular weight is 469 g/mol. The molecule has 0 spiro atoms. The van der Waals surface area contributed by atoms with Gasteiger partial charge in [0, 0.05) is 24.1 Å². The molecule has 2 N–H and O–H groups in total. The quantitative estimate of drug-likeness (QED) is 0.365. The summed E-state index contributed by atoms with van der Waals surface area (Å²) in [7, 11) is 1.61. The SMILES string of the molecule is CCc1cccc(NC(=O)c2cn(Cc3ccc(NC(=O)Cc4ccc(OC)cc4)cc3)cn2)c1. The van der Waals surface area contributed by atoms with Crippen LogP contribution in [0.5, 0.6) is 5.75 Å². The van der Waals surface area contributed by atoms with Crippen molar-refractivity contribution < 1.29 is 14.3 Å². The molecule has 35 heavy (non-hydrogen) atoms. The molecule has 0 aliphatic heterocycles. The number of anilines is 2. The molecule has 0 fully saturated rings. The topological polar surface area (TPSA) is 85.2 Å². The molecule has 0 aliphatic carbocycles. The second-order valence-electron chi connectivity index (χ2n) is 8.21. The molecule has 1 aromatic heterocycles. The van der Waals surface area contributed by atoms with Crippen molar-refractivity contribution in [1.29, 1.82) is 0 Å². The maximum Gasteiger partial charge on any atom is 0.275 e. The zero-order valence-corrected chi connectivity index (χ0v) is 19.8. The maximum atomic E-state index is 12.6. The van der Waals surface area contributed by atoms with Crippen molar-refractivity contribution in [1.82, 2.24) is 9.55 Å². The first-order valence-corrected chi connectivity index (χ1v) is 11.5. The fourth-order valence-corrected chi connectivity index (χ4v) is 3.67. The maximum absolute atomic E-state index is 12.6. The van der Waals surface area contributed by atoms with Gasteiger partial charge in [-0.15, -0.1) is 0 Å². The predicted octanol–water partition coefficient (Wildman–Crippen LogP) is 4.94. The van der Waals surface area contributed by atoms with Crippen molar-refractivity contribution in [3.63, 3.8) is 0 Å². The lowest BCUT2D eigenvalue weighted by atomic mass is 10.1. The molecular weight excluding hydrogens is 440 g/mol. The van der Waals surface area contributed by atoms with E-state index in [4.69, 9.17) is 4.74 Å². The van der Waals surface area contributed by atoms with Crippen molar-refractivity contribution in [2.75, 3.05) is 17.7 Å². The van der Waals surface area contributed by atoms with Crippen LogP contribution in [0.4, 0.5) is 11.4 Å². The molecule has 7 nitrogen and oxygen atoms in total. The van der Waals surface area contributed by atoms with Crippen LogP contribution in [0, 0.1) is 0 Å². The van der Waals surface area contributed by atoms with Crippen molar-refractivity contribution >= 4 is 23.2 Å². The zero-order valence-electron chi connectivity index (χ0n) is 19.8. The Morgan fingerprint density at radius 3 is 2.34 bits per heavy atom. The van der Waals surface area contributed by atoms with Crippen LogP contribution in [0.25, 0.3) is 0 Å². The highest BCUT2D eigenvalue weighted by Gasteiger charge is 2.11. The monoisotopic (exact) mass is 468 g/mol. The number of nitrogens with zero attached hydrogens (tertiary/aromatic N) is 2. The van der Waals surface area contributed by atoms with E-state index in [1.54, 1.807) is 19.6 Å². The smallest absolute Gasteiger partial charge is 0.275 e. The lowest BCUT2D eigenvalue weighted by molar-refractivity contribution is -0.115. The summed E-state index contributed by atoms with van der Waals surface area (Å²) in [6, 6.07) is 22.8. The Balaban J connectivity index is 1.30. The van der Waals surface area contributed by atoms with Crippen LogP contribution in [0.1, 0.15) is 34.1 Å². The van der Waals surface area contributed by atoms with Gasteiger partial charge in [-0.1, -0.05) is 43.3 Å². The Kier molecular flexibility index (Phi) is 7.57. The van der Waals surface area contributed by atoms with Crippen molar-refractivity contribution in [3.8, 4) is 5.75 Å². The summed E-state index contributed by atoms with van der Waals surface area (Å²) in [5.74, 6) is 0.432. The molecule has 0 saturated heterocycles. The third kappa shape index (κ3) is 6.57. The van der Waals surface area contributed by atoms with Crippen LogP contribution >= 0.6 is 0 Å². The fourth-order valence-electron chi connectivity index (χ4n) is 3.67. The Hall–Kier alpha value is -4.39. The van der Waals surface area contributed by atoms with E-state index < -0.39 is 0 Å². The first kappa shape index (κ1) is 23.8. The number of hydrogen-bond acceptors (Lipinski definition) is 4. The van der Waals surface area contributed by atoms with Gasteiger partial charge < -0.3 is 19.9 Å². The van der Waals surface area contributed by atoms with Gasteiger partial charge in [-0.2, -0.15) is 0 Å². The normalized spacial score (nSPS) is 10.6. The van der Waals surface area contributed by atoms with Crippen molar-refractivity contribution in [3.05, 3.63) is 108 Å². The number of methoxy groups -OCH3 is 1. The molecule has 0 bridgehead atoms. The summed E-state index contributed by atoms with van der Waals surface area (Å²) in [4.78, 5) is 29.2. The highest BCUT2D eigenvalue weighted by Crippen LogP contribution is 2.15. The van der Waals surface area contributed by atoms with Crippen LogP contribution in [0.15, 0.2) is 85.3 Å². The van der Waals surface area contributed by atoms with Gasteiger partial charge in [0.2, 0.25) is 5.91 Å². The van der Waals surface area contributed by atoms with E-state index in [-0.39, 0.29) is 18.2 Å². The van der Waals surface area contributed by atoms with Gasteiger partial charge in [-0.05, 0) is 59.5 Å². The van der Waals surface area contributed by atoms with Gasteiger partial charge in [-0.25, -0.2) is 4.98 Å². The molecule has 178 valence electrons. The fraction of sp³-hybridized carbons (Fsp3) is 0.179. The average Bonchev–Trinajstić information content (AvgIpc) is 3.34. The van der Waals surface area contributed by atoms with E-state index in [9.17, 15) is 9.59 Å². The van der Waals surface area contributed by atoms with E-state index in [2.05, 4.69) is 22.5 Å². The molecule has 0 radical (unpaired) electrons. The third-order valence-electron chi connectivity index (χ3n) is 5.59. The molecule has 0 atom stereocenters. The van der Waals surface area contributed by atoms with Crippen LogP contribution in [-0.2, 0) is 24.2 Å². The summed E-state index contributed by atoms with van der Waals surface area (Å²) in [5.41, 5.74) is 4.94. The summed E-state index contributed by atoms with van der Waals surface area (Å²) >= 11 is 0. The summed E-state index contributed by atoms with van der Waals surface area (Å²) in [5, 5.41) is 5.82. The minimum Gasteiger partial charge on any atom is -0.497 e. The minimum atomic E-state index is -0.244. The highest BCUT2D eigenvalue weighted by molar-refractivity contribution is 6.02. The zero-order chi connectivity index (χ0) is 24.6. The first-order valence-electron chi connectivity index (χ1n) is 11.5. The molecule has 3 aromatic carbocycles. The van der Waals surface area contributed by atoms with E-state index >= 15 is 0 Å². The van der Waals surface area contributed by atoms with Gasteiger partial charge in [0.15, 0.2) is 0 Å². The molecular formula is C28H28N4O3. The Morgan fingerprint density at radius 2 is 1.63 bits per heavy atom. The molecule has 4 aromatic rings. The van der Waals surface area contributed by atoms with Gasteiger partial charge >= 0.3 is 0 Å². The molecule has 1 heterocycles. The van der Waals surface area contributed by atoms with Crippen molar-refractivity contribution in [2.24, 2.45) is 0 Å². The van der Waals surface area contributed by atoms with E-state index in [1.807, 2.05) is 77.4 Å². The highest BCUT2D eigenvalue weighted by atomic mass is 16.5. The van der Waals surface area contributed by atoms with E-state index in [0.717, 1.165) is 40.2 Å². The number of hydrogen-bond donors (Lipinski definition) is 2. The molecule has 0 saturated carbocycles. The number of carbonyl (C=O) groups excluding carboxylic acids is 2. The second kappa shape index (κ2) is 11.2. The Morgan fingerprint density at radius 1 is 0.886 bits per heavy atom. The van der Waals surface area contributed by atoms with E-state index in [0.29, 0.717) is 12.2 Å².